The van der Waals surface area contributed by atoms with Gasteiger partial charge in [0.1, 0.15) is 0 Å². The van der Waals surface area contributed by atoms with Crippen LogP contribution in [-0.2, 0) is 11.0 Å². The van der Waals surface area contributed by atoms with Crippen molar-refractivity contribution in [2.24, 2.45) is 5.16 Å². The molecular weight excluding hydrogens is 377 g/mol. The predicted molar refractivity (Wildman–Crippen MR) is 86.5 cm³/mol. The molecule has 0 radical (unpaired) electrons. The molecule has 1 amide bonds. The van der Waals surface area contributed by atoms with Gasteiger partial charge in [-0.1, -0.05) is 40.6 Å². The van der Waals surface area contributed by atoms with Gasteiger partial charge < -0.3 is 14.7 Å². The average Bonchev–Trinajstić information content (AvgIpc) is 3.08. The number of benzene rings is 1. The lowest BCUT2D eigenvalue weighted by Gasteiger charge is -2.03. The summed E-state index contributed by atoms with van der Waals surface area (Å²) >= 11 is 5.47. The Morgan fingerprint density at radius 2 is 2.08 bits per heavy atom. The Balaban J connectivity index is 1.91. The van der Waals surface area contributed by atoms with E-state index in [9.17, 15) is 18.0 Å². The van der Waals surface area contributed by atoms with Crippen LogP contribution in [0.3, 0.4) is 0 Å². The molecule has 1 N–H and O–H groups in total. The van der Waals surface area contributed by atoms with Gasteiger partial charge in [-0.25, -0.2) is 0 Å². The SMILES string of the molecule is C=C(Cl)CO/N=C\CNC(=O)c1ccc(-c2noc(C(F)(F)F)n2)cc1. The fraction of sp³-hybridized carbons (Fsp3) is 0.200. The van der Waals surface area contributed by atoms with Gasteiger partial charge in [-0.15, -0.1) is 0 Å². The number of amides is 1. The lowest BCUT2D eigenvalue weighted by atomic mass is 10.1. The molecule has 1 aromatic carbocycles. The third kappa shape index (κ3) is 5.59. The number of alkyl halides is 3. The third-order valence-corrected chi connectivity index (χ3v) is 2.91. The first-order chi connectivity index (χ1) is 12.3. The second-order valence-corrected chi connectivity index (χ2v) is 5.32. The molecule has 7 nitrogen and oxygen atoms in total. The number of aromatic nitrogens is 2. The van der Waals surface area contributed by atoms with E-state index < -0.39 is 18.0 Å². The number of carbonyl (C=O) groups excluding carboxylic acids is 1. The molecule has 0 saturated heterocycles. The van der Waals surface area contributed by atoms with E-state index in [-0.39, 0.29) is 35.1 Å². The van der Waals surface area contributed by atoms with E-state index in [1.165, 1.54) is 30.5 Å². The highest BCUT2D eigenvalue weighted by Gasteiger charge is 2.38. The van der Waals surface area contributed by atoms with Crippen LogP contribution in [0.5, 0.6) is 0 Å². The van der Waals surface area contributed by atoms with Crippen LogP contribution in [0.2, 0.25) is 0 Å². The summed E-state index contributed by atoms with van der Waals surface area (Å²) in [7, 11) is 0. The number of hydrogen-bond acceptors (Lipinski definition) is 6. The molecule has 0 unspecified atom stereocenters. The summed E-state index contributed by atoms with van der Waals surface area (Å²) < 4.78 is 41.5. The normalized spacial score (nSPS) is 11.5. The molecule has 0 aliphatic heterocycles. The Kier molecular flexibility index (Phi) is 6.34. The van der Waals surface area contributed by atoms with Crippen molar-refractivity contribution in [2.45, 2.75) is 6.18 Å². The fourth-order valence-electron chi connectivity index (χ4n) is 1.66. The molecule has 0 aliphatic rings. The Bertz CT molecular complexity index is 803. The number of nitrogens with zero attached hydrogens (tertiary/aromatic N) is 3. The van der Waals surface area contributed by atoms with Crippen molar-refractivity contribution in [3.05, 3.63) is 47.3 Å². The zero-order valence-electron chi connectivity index (χ0n) is 13.1. The number of rotatable bonds is 7. The molecular formula is C15H12ClF3N4O3. The second-order valence-electron chi connectivity index (χ2n) is 4.79. The van der Waals surface area contributed by atoms with E-state index >= 15 is 0 Å². The lowest BCUT2D eigenvalue weighted by Crippen LogP contribution is -2.25. The summed E-state index contributed by atoms with van der Waals surface area (Å²) in [6.07, 6.45) is -3.39. The molecule has 11 heteroatoms. The summed E-state index contributed by atoms with van der Waals surface area (Å²) in [5.41, 5.74) is 0.564. The van der Waals surface area contributed by atoms with E-state index in [1.807, 2.05) is 0 Å². The zero-order valence-corrected chi connectivity index (χ0v) is 13.8. The maximum atomic E-state index is 12.4. The van der Waals surface area contributed by atoms with Crippen molar-refractivity contribution in [2.75, 3.05) is 13.2 Å². The fourth-order valence-corrected chi connectivity index (χ4v) is 1.71. The van der Waals surface area contributed by atoms with Gasteiger partial charge in [0.2, 0.25) is 5.82 Å². The minimum atomic E-state index is -4.71. The van der Waals surface area contributed by atoms with Gasteiger partial charge in [-0.3, -0.25) is 4.79 Å². The van der Waals surface area contributed by atoms with Crippen LogP contribution in [-0.4, -0.2) is 35.4 Å². The molecule has 0 spiro atoms. The zero-order chi connectivity index (χ0) is 19.2. The lowest BCUT2D eigenvalue weighted by molar-refractivity contribution is -0.159. The van der Waals surface area contributed by atoms with E-state index in [2.05, 4.69) is 31.7 Å². The number of carbonyl (C=O) groups is 1. The maximum Gasteiger partial charge on any atom is 0.471 e. The van der Waals surface area contributed by atoms with Gasteiger partial charge in [-0.2, -0.15) is 18.2 Å². The van der Waals surface area contributed by atoms with Gasteiger partial charge >= 0.3 is 12.1 Å². The maximum absolute atomic E-state index is 12.4. The first-order valence-corrected chi connectivity index (χ1v) is 7.42. The molecule has 1 aromatic heterocycles. The van der Waals surface area contributed by atoms with Crippen molar-refractivity contribution in [1.82, 2.24) is 15.5 Å². The Morgan fingerprint density at radius 1 is 1.38 bits per heavy atom. The van der Waals surface area contributed by atoms with Crippen molar-refractivity contribution in [3.8, 4) is 11.4 Å². The van der Waals surface area contributed by atoms with Gasteiger partial charge in [0.15, 0.2) is 6.61 Å². The predicted octanol–water partition coefficient (Wildman–Crippen LogP) is 3.24. The van der Waals surface area contributed by atoms with Crippen LogP contribution < -0.4 is 5.32 Å². The van der Waals surface area contributed by atoms with Gasteiger partial charge in [0.05, 0.1) is 17.8 Å². The van der Waals surface area contributed by atoms with Crippen LogP contribution in [0.4, 0.5) is 13.2 Å². The molecule has 1 heterocycles. The number of oxime groups is 1. The van der Waals surface area contributed by atoms with Gasteiger partial charge in [-0.05, 0) is 12.1 Å². The quantitative estimate of drug-likeness (QED) is 0.581. The summed E-state index contributed by atoms with van der Waals surface area (Å²) in [6, 6.07) is 5.64. The highest BCUT2D eigenvalue weighted by Crippen LogP contribution is 2.29. The second kappa shape index (κ2) is 8.48. The number of nitrogens with one attached hydrogen (secondary N) is 1. The van der Waals surface area contributed by atoms with Crippen molar-refractivity contribution < 1.29 is 27.3 Å². The van der Waals surface area contributed by atoms with Gasteiger partial charge in [0.25, 0.3) is 5.91 Å². The van der Waals surface area contributed by atoms with Crippen LogP contribution in [0.25, 0.3) is 11.4 Å². The molecule has 138 valence electrons. The first-order valence-electron chi connectivity index (χ1n) is 7.04. The van der Waals surface area contributed by atoms with E-state index in [4.69, 9.17) is 16.4 Å². The van der Waals surface area contributed by atoms with E-state index in [1.54, 1.807) is 0 Å². The topological polar surface area (TPSA) is 89.6 Å². The average molecular weight is 389 g/mol. The molecule has 26 heavy (non-hydrogen) atoms. The van der Waals surface area contributed by atoms with Crippen LogP contribution in [0, 0.1) is 0 Å². The van der Waals surface area contributed by atoms with Crippen LogP contribution in [0.1, 0.15) is 16.2 Å². The van der Waals surface area contributed by atoms with Crippen molar-refractivity contribution in [1.29, 1.82) is 0 Å². The van der Waals surface area contributed by atoms with E-state index in [0.717, 1.165) is 0 Å². The molecule has 0 atom stereocenters. The Labute approximate surface area is 150 Å². The van der Waals surface area contributed by atoms with Crippen LogP contribution in [0.15, 0.2) is 45.6 Å². The smallest absolute Gasteiger partial charge is 0.390 e. The minimum absolute atomic E-state index is 0.0552. The molecule has 0 saturated carbocycles. The molecule has 0 aliphatic carbocycles. The third-order valence-electron chi connectivity index (χ3n) is 2.80. The number of halogens is 4. The summed E-state index contributed by atoms with van der Waals surface area (Å²) in [4.78, 5) is 19.9. The molecule has 2 rings (SSSR count). The van der Waals surface area contributed by atoms with Crippen molar-refractivity contribution >= 4 is 23.7 Å². The first kappa shape index (κ1) is 19.4. The summed E-state index contributed by atoms with van der Waals surface area (Å²) in [6.45, 7) is 3.57. The Morgan fingerprint density at radius 3 is 2.65 bits per heavy atom. The Hall–Kier alpha value is -2.88. The monoisotopic (exact) mass is 388 g/mol. The van der Waals surface area contributed by atoms with Crippen LogP contribution >= 0.6 is 11.6 Å². The minimum Gasteiger partial charge on any atom is -0.390 e. The van der Waals surface area contributed by atoms with Gasteiger partial charge in [0, 0.05) is 11.1 Å². The van der Waals surface area contributed by atoms with Crippen molar-refractivity contribution in [3.63, 3.8) is 0 Å². The largest absolute Gasteiger partial charge is 0.471 e. The molecule has 0 fully saturated rings. The highest BCUT2D eigenvalue weighted by molar-refractivity contribution is 6.29. The summed E-state index contributed by atoms with van der Waals surface area (Å²) in [5.74, 6) is -2.07. The summed E-state index contributed by atoms with van der Waals surface area (Å²) in [5, 5.41) is 9.65. The highest BCUT2D eigenvalue weighted by atomic mass is 35.5. The molecule has 0 bridgehead atoms. The number of hydrogen-bond donors (Lipinski definition) is 1. The standard InChI is InChI=1S/C15H12ClF3N4O3/c1-9(16)8-25-21-7-6-20-13(24)11-4-2-10(3-5-11)12-22-14(26-23-12)15(17,18)19/h2-5,7H,1,6,8H2,(H,20,24)/b21-7-. The van der Waals surface area contributed by atoms with E-state index in [0.29, 0.717) is 0 Å². The molecule has 2 aromatic rings.